The van der Waals surface area contributed by atoms with E-state index < -0.39 is 0 Å². The van der Waals surface area contributed by atoms with Gasteiger partial charge in [-0.1, -0.05) is 6.07 Å². The second-order valence-corrected chi connectivity index (χ2v) is 6.93. The van der Waals surface area contributed by atoms with Crippen molar-refractivity contribution in [2.24, 2.45) is 0 Å². The zero-order valence-electron chi connectivity index (χ0n) is 15.3. The summed E-state index contributed by atoms with van der Waals surface area (Å²) in [6, 6.07) is 9.27. The average Bonchev–Trinajstić information content (AvgIpc) is 2.65. The standard InChI is InChI=1S/C21H25NO3/c1-12-7-15-14(9-18(12)23-2)11-22-17-6-5-13-8-19(24-3)20(25-4)10-16(13)21(15)17/h7-10,17,21-22H,5-6,11H2,1-4H3/t17-,21-/m1/s1. The smallest absolute Gasteiger partial charge is 0.161 e. The quantitative estimate of drug-likeness (QED) is 0.928. The Morgan fingerprint density at radius 1 is 0.840 bits per heavy atom. The Balaban J connectivity index is 1.88. The number of aryl methyl sites for hydroxylation is 2. The number of hydrogen-bond acceptors (Lipinski definition) is 4. The molecule has 0 spiro atoms. The number of nitrogens with one attached hydrogen (secondary N) is 1. The van der Waals surface area contributed by atoms with Crippen molar-refractivity contribution in [1.29, 1.82) is 0 Å². The van der Waals surface area contributed by atoms with Crippen LogP contribution >= 0.6 is 0 Å². The third-order valence-corrected chi connectivity index (χ3v) is 5.65. The van der Waals surface area contributed by atoms with E-state index in [-0.39, 0.29) is 0 Å². The van der Waals surface area contributed by atoms with Crippen molar-refractivity contribution in [2.45, 2.75) is 38.3 Å². The summed E-state index contributed by atoms with van der Waals surface area (Å²) in [7, 11) is 5.14. The van der Waals surface area contributed by atoms with Gasteiger partial charge in [0.1, 0.15) is 5.75 Å². The largest absolute Gasteiger partial charge is 0.496 e. The molecule has 2 aromatic rings. The number of benzene rings is 2. The van der Waals surface area contributed by atoms with Gasteiger partial charge in [-0.05, 0) is 65.8 Å². The zero-order valence-corrected chi connectivity index (χ0v) is 15.3. The molecule has 0 fully saturated rings. The van der Waals surface area contributed by atoms with E-state index >= 15 is 0 Å². The van der Waals surface area contributed by atoms with Gasteiger partial charge in [-0.25, -0.2) is 0 Å². The van der Waals surface area contributed by atoms with Gasteiger partial charge in [0.2, 0.25) is 0 Å². The highest BCUT2D eigenvalue weighted by atomic mass is 16.5. The summed E-state index contributed by atoms with van der Waals surface area (Å²) < 4.78 is 16.6. The molecule has 0 aromatic heterocycles. The summed E-state index contributed by atoms with van der Waals surface area (Å²) in [5, 5.41) is 3.73. The third-order valence-electron chi connectivity index (χ3n) is 5.65. The van der Waals surface area contributed by atoms with Crippen molar-refractivity contribution in [3.63, 3.8) is 0 Å². The predicted molar refractivity (Wildman–Crippen MR) is 98.1 cm³/mol. The lowest BCUT2D eigenvalue weighted by Gasteiger charge is -2.40. The first-order valence-electron chi connectivity index (χ1n) is 8.81. The molecule has 25 heavy (non-hydrogen) atoms. The molecular weight excluding hydrogens is 314 g/mol. The van der Waals surface area contributed by atoms with Crippen molar-refractivity contribution in [1.82, 2.24) is 5.32 Å². The van der Waals surface area contributed by atoms with Crippen LogP contribution in [0.2, 0.25) is 0 Å². The minimum Gasteiger partial charge on any atom is -0.496 e. The molecule has 1 aliphatic heterocycles. The van der Waals surface area contributed by atoms with E-state index in [1.807, 2.05) is 0 Å². The number of hydrogen-bond donors (Lipinski definition) is 1. The van der Waals surface area contributed by atoms with E-state index in [2.05, 4.69) is 36.5 Å². The van der Waals surface area contributed by atoms with Gasteiger partial charge in [0.15, 0.2) is 11.5 Å². The lowest BCUT2D eigenvalue weighted by molar-refractivity contribution is 0.348. The first kappa shape index (κ1) is 16.3. The second kappa shape index (κ2) is 6.26. The molecule has 1 N–H and O–H groups in total. The van der Waals surface area contributed by atoms with Crippen LogP contribution in [0.5, 0.6) is 17.2 Å². The maximum Gasteiger partial charge on any atom is 0.161 e. The van der Waals surface area contributed by atoms with Crippen LogP contribution in [0.15, 0.2) is 24.3 Å². The molecule has 0 radical (unpaired) electrons. The Labute approximate surface area is 149 Å². The van der Waals surface area contributed by atoms with Gasteiger partial charge in [0.25, 0.3) is 0 Å². The zero-order chi connectivity index (χ0) is 17.6. The van der Waals surface area contributed by atoms with Gasteiger partial charge in [0, 0.05) is 18.5 Å². The summed E-state index contributed by atoms with van der Waals surface area (Å²) in [5.74, 6) is 2.92. The van der Waals surface area contributed by atoms with Crippen molar-refractivity contribution in [3.8, 4) is 17.2 Å². The highest BCUT2D eigenvalue weighted by Gasteiger charge is 2.36. The maximum absolute atomic E-state index is 5.56. The molecule has 1 heterocycles. The minimum atomic E-state index is 0.344. The van der Waals surface area contributed by atoms with Crippen LogP contribution < -0.4 is 19.5 Å². The Kier molecular flexibility index (Phi) is 4.08. The second-order valence-electron chi connectivity index (χ2n) is 6.93. The van der Waals surface area contributed by atoms with E-state index in [1.165, 1.54) is 27.8 Å². The van der Waals surface area contributed by atoms with E-state index in [4.69, 9.17) is 14.2 Å². The Morgan fingerprint density at radius 3 is 2.20 bits per heavy atom. The number of methoxy groups -OCH3 is 3. The van der Waals surface area contributed by atoms with Crippen molar-refractivity contribution in [2.75, 3.05) is 21.3 Å². The Bertz CT molecular complexity index is 815. The number of fused-ring (bicyclic) bond motifs is 5. The molecule has 4 nitrogen and oxygen atoms in total. The fourth-order valence-electron chi connectivity index (χ4n) is 4.40. The molecule has 132 valence electrons. The van der Waals surface area contributed by atoms with E-state index in [9.17, 15) is 0 Å². The van der Waals surface area contributed by atoms with Gasteiger partial charge in [-0.15, -0.1) is 0 Å². The summed E-state index contributed by atoms with van der Waals surface area (Å²) in [5.41, 5.74) is 6.64. The highest BCUT2D eigenvalue weighted by Crippen LogP contribution is 2.45. The predicted octanol–water partition coefficient (Wildman–Crippen LogP) is 3.57. The normalized spacial score (nSPS) is 21.0. The molecule has 4 heteroatoms. The fourth-order valence-corrected chi connectivity index (χ4v) is 4.40. The molecule has 0 amide bonds. The van der Waals surface area contributed by atoms with Crippen LogP contribution in [0.25, 0.3) is 0 Å². The van der Waals surface area contributed by atoms with Crippen molar-refractivity contribution in [3.05, 3.63) is 52.1 Å². The Hall–Kier alpha value is -2.20. The van der Waals surface area contributed by atoms with Gasteiger partial charge < -0.3 is 19.5 Å². The summed E-state index contributed by atoms with van der Waals surface area (Å²) >= 11 is 0. The minimum absolute atomic E-state index is 0.344. The van der Waals surface area contributed by atoms with E-state index in [0.717, 1.165) is 36.6 Å². The lowest BCUT2D eigenvalue weighted by atomic mass is 9.72. The molecule has 4 rings (SSSR count). The molecule has 1 aliphatic carbocycles. The van der Waals surface area contributed by atoms with Gasteiger partial charge in [0.05, 0.1) is 21.3 Å². The Morgan fingerprint density at radius 2 is 1.48 bits per heavy atom. The van der Waals surface area contributed by atoms with Crippen molar-refractivity contribution >= 4 is 0 Å². The molecule has 0 saturated heterocycles. The molecule has 2 atom stereocenters. The van der Waals surface area contributed by atoms with Gasteiger partial charge in [-0.3, -0.25) is 0 Å². The monoisotopic (exact) mass is 339 g/mol. The molecule has 0 unspecified atom stereocenters. The fraction of sp³-hybridized carbons (Fsp3) is 0.429. The highest BCUT2D eigenvalue weighted by molar-refractivity contribution is 5.56. The van der Waals surface area contributed by atoms with Gasteiger partial charge >= 0.3 is 0 Å². The van der Waals surface area contributed by atoms with Crippen LogP contribution in [0.1, 0.15) is 40.2 Å². The average molecular weight is 339 g/mol. The van der Waals surface area contributed by atoms with Crippen LogP contribution in [-0.4, -0.2) is 27.4 Å². The summed E-state index contributed by atoms with van der Waals surface area (Å²) in [4.78, 5) is 0. The first-order valence-corrected chi connectivity index (χ1v) is 8.81. The lowest BCUT2D eigenvalue weighted by Crippen LogP contribution is -2.42. The molecule has 0 bridgehead atoms. The van der Waals surface area contributed by atoms with Crippen LogP contribution in [0.3, 0.4) is 0 Å². The third kappa shape index (κ3) is 2.56. The SMILES string of the molecule is COc1cc2c(cc1C)[C@@H]1c3cc(OC)c(OC)cc3CC[C@H]1NC2. The topological polar surface area (TPSA) is 39.7 Å². The first-order chi connectivity index (χ1) is 12.2. The molecule has 2 aromatic carbocycles. The number of rotatable bonds is 3. The van der Waals surface area contributed by atoms with E-state index in [0.29, 0.717) is 12.0 Å². The molecule has 0 saturated carbocycles. The van der Waals surface area contributed by atoms with Crippen molar-refractivity contribution < 1.29 is 14.2 Å². The summed E-state index contributed by atoms with van der Waals surface area (Å²) in [6.07, 6.45) is 2.20. The molecule has 2 aliphatic rings. The van der Waals surface area contributed by atoms with Crippen LogP contribution in [0, 0.1) is 6.92 Å². The summed E-state index contributed by atoms with van der Waals surface area (Å²) in [6.45, 7) is 3.02. The van der Waals surface area contributed by atoms with Gasteiger partial charge in [-0.2, -0.15) is 0 Å². The van der Waals surface area contributed by atoms with Crippen LogP contribution in [-0.2, 0) is 13.0 Å². The van der Waals surface area contributed by atoms with Crippen LogP contribution in [0.4, 0.5) is 0 Å². The maximum atomic E-state index is 5.56. The van der Waals surface area contributed by atoms with E-state index in [1.54, 1.807) is 21.3 Å². The number of ether oxygens (including phenoxy) is 3. The molecular formula is C21H25NO3.